The van der Waals surface area contributed by atoms with Crippen molar-refractivity contribution in [2.24, 2.45) is 5.92 Å². The molecule has 4 heteroatoms. The van der Waals surface area contributed by atoms with Crippen LogP contribution < -0.4 is 9.80 Å². The molecule has 5 rings (SSSR count). The van der Waals surface area contributed by atoms with Crippen LogP contribution in [0.3, 0.4) is 0 Å². The molecule has 2 aliphatic heterocycles. The number of unbranched alkanes of at least 4 members (excludes halogenated alkanes) is 1. The molecular weight excluding hydrogens is 468 g/mol. The van der Waals surface area contributed by atoms with Gasteiger partial charge in [0, 0.05) is 52.3 Å². The first-order valence-corrected chi connectivity index (χ1v) is 14.4. The van der Waals surface area contributed by atoms with Crippen LogP contribution in [0.15, 0.2) is 83.4 Å². The second-order valence-electron chi connectivity index (χ2n) is 11.8. The lowest BCUT2D eigenvalue weighted by atomic mass is 9.75. The van der Waals surface area contributed by atoms with Crippen molar-refractivity contribution in [2.45, 2.75) is 78.2 Å². The summed E-state index contributed by atoms with van der Waals surface area (Å²) in [5.41, 5.74) is 8.31. The number of fused-ring (bicyclic) bond motifs is 2. The molecule has 4 nitrogen and oxygen atoms in total. The fraction of sp³-hybridized carbons (Fsp3) is 0.471. The predicted octanol–water partition coefficient (Wildman–Crippen LogP) is 7.45. The van der Waals surface area contributed by atoms with Crippen molar-refractivity contribution >= 4 is 11.4 Å². The summed E-state index contributed by atoms with van der Waals surface area (Å²) in [6, 6.07) is 17.4. The van der Waals surface area contributed by atoms with Crippen molar-refractivity contribution < 1.29 is 9.84 Å². The molecule has 0 radical (unpaired) electrons. The van der Waals surface area contributed by atoms with Gasteiger partial charge < -0.3 is 19.6 Å². The van der Waals surface area contributed by atoms with Crippen molar-refractivity contribution in [3.63, 3.8) is 0 Å². The Labute approximate surface area is 229 Å². The highest BCUT2D eigenvalue weighted by Gasteiger charge is 2.46. The quantitative estimate of drug-likeness (QED) is 0.373. The molecule has 0 fully saturated rings. The van der Waals surface area contributed by atoms with Gasteiger partial charge in [-0.25, -0.2) is 0 Å². The third-order valence-electron chi connectivity index (χ3n) is 8.86. The van der Waals surface area contributed by atoms with Crippen LogP contribution in [0.4, 0.5) is 11.4 Å². The number of likely N-dealkylation sites (N-methyl/N-ethyl adjacent to an activating group) is 2. The van der Waals surface area contributed by atoms with Gasteiger partial charge in [-0.2, -0.15) is 0 Å². The molecule has 1 aliphatic carbocycles. The van der Waals surface area contributed by atoms with E-state index >= 15 is 0 Å². The zero-order valence-corrected chi connectivity index (χ0v) is 24.2. The van der Waals surface area contributed by atoms with Crippen LogP contribution in [0.2, 0.25) is 0 Å². The first kappa shape index (κ1) is 26.6. The molecule has 1 N–H and O–H groups in total. The van der Waals surface area contributed by atoms with Crippen molar-refractivity contribution in [3.05, 3.63) is 94.5 Å². The lowest BCUT2D eigenvalue weighted by Gasteiger charge is -2.39. The Morgan fingerprint density at radius 2 is 1.34 bits per heavy atom. The minimum absolute atomic E-state index is 0.136. The maximum atomic E-state index is 11.6. The molecule has 0 saturated heterocycles. The molecule has 2 unspecified atom stereocenters. The lowest BCUT2D eigenvalue weighted by molar-refractivity contribution is 0.0734. The Bertz CT molecular complexity index is 1300. The van der Waals surface area contributed by atoms with E-state index in [9.17, 15) is 5.11 Å². The molecule has 202 valence electrons. The molecule has 2 atom stereocenters. The van der Waals surface area contributed by atoms with Crippen LogP contribution >= 0.6 is 0 Å². The molecular formula is C34H44N2O2. The van der Waals surface area contributed by atoms with Gasteiger partial charge in [0.05, 0.1) is 18.6 Å². The fourth-order valence-electron chi connectivity index (χ4n) is 6.65. The minimum Gasteiger partial charge on any atom is -0.497 e. The van der Waals surface area contributed by atoms with Gasteiger partial charge >= 0.3 is 0 Å². The normalized spacial score (nSPS) is 25.2. The van der Waals surface area contributed by atoms with Crippen LogP contribution in [0.1, 0.15) is 72.4 Å². The van der Waals surface area contributed by atoms with E-state index in [2.05, 4.69) is 119 Å². The zero-order chi connectivity index (χ0) is 27.2. The Hall–Kier alpha value is -2.98. The Morgan fingerprint density at radius 1 is 0.816 bits per heavy atom. The number of rotatable bonds is 8. The number of aliphatic hydroxyl groups is 1. The smallest absolute Gasteiger partial charge is 0.112 e. The molecule has 3 aliphatic rings. The molecule has 0 spiro atoms. The van der Waals surface area contributed by atoms with E-state index in [1.165, 1.54) is 33.9 Å². The summed E-state index contributed by atoms with van der Waals surface area (Å²) in [6.07, 6.45) is 5.99. The van der Waals surface area contributed by atoms with E-state index in [1.54, 1.807) is 0 Å². The minimum atomic E-state index is -0.594. The third-order valence-corrected chi connectivity index (χ3v) is 8.86. The fourth-order valence-corrected chi connectivity index (χ4v) is 6.65. The maximum absolute atomic E-state index is 11.6. The SMILES string of the molecule is CCCCOC1=C(C=C2N(CC)c3ccccc3C2(C)C)C(O)C1C=C1N(CC)c2ccccc2C1(C)C. The Kier molecular flexibility index (Phi) is 6.98. The van der Waals surface area contributed by atoms with Gasteiger partial charge in [0.2, 0.25) is 0 Å². The van der Waals surface area contributed by atoms with E-state index < -0.39 is 6.10 Å². The summed E-state index contributed by atoms with van der Waals surface area (Å²) in [6.45, 7) is 18.2. The van der Waals surface area contributed by atoms with Gasteiger partial charge in [-0.3, -0.25) is 0 Å². The zero-order valence-electron chi connectivity index (χ0n) is 24.2. The molecule has 0 saturated carbocycles. The molecule has 0 amide bonds. The van der Waals surface area contributed by atoms with Crippen LogP contribution in [0.5, 0.6) is 0 Å². The second kappa shape index (κ2) is 9.96. The van der Waals surface area contributed by atoms with Crippen molar-refractivity contribution in [3.8, 4) is 0 Å². The summed E-state index contributed by atoms with van der Waals surface area (Å²) in [7, 11) is 0. The van der Waals surface area contributed by atoms with Crippen LogP contribution in [-0.4, -0.2) is 30.9 Å². The van der Waals surface area contributed by atoms with E-state index in [4.69, 9.17) is 4.74 Å². The van der Waals surface area contributed by atoms with E-state index in [0.717, 1.165) is 37.3 Å². The number of hydrogen-bond donors (Lipinski definition) is 1. The number of benzene rings is 2. The molecule has 2 heterocycles. The maximum Gasteiger partial charge on any atom is 0.112 e. The first-order chi connectivity index (χ1) is 18.2. The number of anilines is 2. The van der Waals surface area contributed by atoms with Crippen LogP contribution in [0, 0.1) is 5.92 Å². The number of ether oxygens (including phenoxy) is 1. The average molecular weight is 513 g/mol. The monoisotopic (exact) mass is 512 g/mol. The molecule has 2 aromatic rings. The molecule has 0 bridgehead atoms. The summed E-state index contributed by atoms with van der Waals surface area (Å²) in [4.78, 5) is 4.79. The van der Waals surface area contributed by atoms with Gasteiger partial charge in [-0.1, -0.05) is 83.5 Å². The highest BCUT2D eigenvalue weighted by atomic mass is 16.5. The number of nitrogens with zero attached hydrogens (tertiary/aromatic N) is 2. The predicted molar refractivity (Wildman–Crippen MR) is 159 cm³/mol. The van der Waals surface area contributed by atoms with Gasteiger partial charge in [0.1, 0.15) is 5.76 Å². The topological polar surface area (TPSA) is 35.9 Å². The van der Waals surface area contributed by atoms with Crippen LogP contribution in [0.25, 0.3) is 0 Å². The lowest BCUT2D eigenvalue weighted by Crippen LogP contribution is -2.39. The third kappa shape index (κ3) is 4.00. The summed E-state index contributed by atoms with van der Waals surface area (Å²) in [5, 5.41) is 11.6. The standard InChI is InChI=1S/C34H44N2O2/c1-8-11-20-38-32-23(21-29-33(4,5)25-16-12-14-18-27(25)35(29)9-2)31(37)24(32)22-30-34(6,7)26-17-13-15-19-28(26)36(30)10-3/h12-19,21-23,31,37H,8-11,20H2,1-7H3. The molecule has 2 aromatic carbocycles. The number of allylic oxidation sites excluding steroid dienone is 2. The van der Waals surface area contributed by atoms with Crippen LogP contribution in [-0.2, 0) is 15.6 Å². The summed E-state index contributed by atoms with van der Waals surface area (Å²) < 4.78 is 6.46. The largest absolute Gasteiger partial charge is 0.497 e. The van der Waals surface area contributed by atoms with Crippen molar-refractivity contribution in [1.82, 2.24) is 0 Å². The van der Waals surface area contributed by atoms with Gasteiger partial charge in [0.15, 0.2) is 0 Å². The van der Waals surface area contributed by atoms with Crippen molar-refractivity contribution in [1.29, 1.82) is 0 Å². The van der Waals surface area contributed by atoms with Gasteiger partial charge in [-0.15, -0.1) is 0 Å². The Balaban J connectivity index is 1.58. The Morgan fingerprint density at radius 3 is 1.89 bits per heavy atom. The van der Waals surface area contributed by atoms with Gasteiger partial charge in [-0.05, 0) is 49.6 Å². The highest BCUT2D eigenvalue weighted by molar-refractivity contribution is 5.72. The number of aliphatic hydroxyl groups excluding tert-OH is 1. The second-order valence-corrected chi connectivity index (χ2v) is 11.8. The number of hydrogen-bond acceptors (Lipinski definition) is 4. The molecule has 0 aromatic heterocycles. The summed E-state index contributed by atoms with van der Waals surface area (Å²) >= 11 is 0. The van der Waals surface area contributed by atoms with E-state index in [0.29, 0.717) is 6.61 Å². The van der Waals surface area contributed by atoms with Crippen molar-refractivity contribution in [2.75, 3.05) is 29.5 Å². The van der Waals surface area contributed by atoms with Gasteiger partial charge in [0.25, 0.3) is 0 Å². The number of para-hydroxylation sites is 2. The van der Waals surface area contributed by atoms with E-state index in [1.807, 2.05) is 0 Å². The highest BCUT2D eigenvalue weighted by Crippen LogP contribution is 2.52. The average Bonchev–Trinajstić information content (AvgIpc) is 3.27. The first-order valence-electron chi connectivity index (χ1n) is 14.4. The molecule has 38 heavy (non-hydrogen) atoms. The van der Waals surface area contributed by atoms with E-state index in [-0.39, 0.29) is 16.7 Å². The summed E-state index contributed by atoms with van der Waals surface area (Å²) in [5.74, 6) is 0.773.